The summed E-state index contributed by atoms with van der Waals surface area (Å²) in [5.74, 6) is 0.562. The summed E-state index contributed by atoms with van der Waals surface area (Å²) < 4.78 is 10.7. The van der Waals surface area contributed by atoms with E-state index < -0.39 is 0 Å². The molecule has 0 saturated heterocycles. The Morgan fingerprint density at radius 3 is 2.46 bits per heavy atom. The molecule has 0 aliphatic carbocycles. The maximum atomic E-state index is 11.9. The van der Waals surface area contributed by atoms with E-state index in [9.17, 15) is 14.7 Å². The maximum absolute atomic E-state index is 11.9. The van der Waals surface area contributed by atoms with Gasteiger partial charge in [-0.3, -0.25) is 9.59 Å². The van der Waals surface area contributed by atoms with E-state index in [1.165, 1.54) is 0 Å². The van der Waals surface area contributed by atoms with E-state index in [-0.39, 0.29) is 24.0 Å². The first-order valence-electron chi connectivity index (χ1n) is 9.40. The minimum Gasteiger partial charge on any atom is -0.508 e. The molecule has 1 N–H and O–H groups in total. The van der Waals surface area contributed by atoms with Gasteiger partial charge in [0.1, 0.15) is 11.5 Å². The van der Waals surface area contributed by atoms with Crippen LogP contribution in [-0.4, -0.2) is 48.2 Å². The van der Waals surface area contributed by atoms with Crippen molar-refractivity contribution in [2.24, 2.45) is 0 Å². The van der Waals surface area contributed by atoms with Gasteiger partial charge in [0.25, 0.3) is 0 Å². The maximum Gasteiger partial charge on any atom is 0.306 e. The normalized spacial score (nSPS) is 10.4. The fourth-order valence-electron chi connectivity index (χ4n) is 2.70. The van der Waals surface area contributed by atoms with Crippen LogP contribution in [0.1, 0.15) is 52.0 Å². The monoisotopic (exact) mass is 365 g/mol. The van der Waals surface area contributed by atoms with E-state index in [1.807, 2.05) is 18.7 Å². The number of carbonyl (C=O) groups excluding carboxylic acids is 2. The Kier molecular flexibility index (Phi) is 10.2. The Labute approximate surface area is 156 Å². The molecule has 0 saturated carbocycles. The van der Waals surface area contributed by atoms with Crippen LogP contribution in [-0.2, 0) is 20.7 Å². The number of ether oxygens (including phenoxy) is 2. The molecule has 1 aromatic rings. The first-order chi connectivity index (χ1) is 12.5. The molecule has 0 spiro atoms. The van der Waals surface area contributed by atoms with E-state index in [1.54, 1.807) is 25.1 Å². The fraction of sp³-hybridized carbons (Fsp3) is 0.600. The summed E-state index contributed by atoms with van der Waals surface area (Å²) in [4.78, 5) is 25.3. The van der Waals surface area contributed by atoms with E-state index in [4.69, 9.17) is 9.47 Å². The Hall–Kier alpha value is -2.24. The summed E-state index contributed by atoms with van der Waals surface area (Å²) in [6.07, 6.45) is 2.58. The molecule has 0 atom stereocenters. The van der Waals surface area contributed by atoms with Crippen molar-refractivity contribution in [3.63, 3.8) is 0 Å². The van der Waals surface area contributed by atoms with Crippen LogP contribution in [0.15, 0.2) is 18.2 Å². The Balaban J connectivity index is 2.46. The van der Waals surface area contributed by atoms with Crippen LogP contribution in [0.25, 0.3) is 0 Å². The second-order valence-corrected chi connectivity index (χ2v) is 5.93. The molecule has 0 radical (unpaired) electrons. The smallest absolute Gasteiger partial charge is 0.306 e. The molecule has 0 aromatic heterocycles. The highest BCUT2D eigenvalue weighted by molar-refractivity contribution is 5.76. The Morgan fingerprint density at radius 2 is 1.81 bits per heavy atom. The summed E-state index contributed by atoms with van der Waals surface area (Å²) in [7, 11) is 0. The van der Waals surface area contributed by atoms with Crippen molar-refractivity contribution >= 4 is 11.9 Å². The lowest BCUT2D eigenvalue weighted by Crippen LogP contribution is -2.30. The minimum atomic E-state index is -0.295. The number of carbonyl (C=O) groups is 2. The van der Waals surface area contributed by atoms with Crippen LogP contribution in [0.5, 0.6) is 11.5 Å². The number of benzene rings is 1. The van der Waals surface area contributed by atoms with Crippen LogP contribution in [0.2, 0.25) is 0 Å². The van der Waals surface area contributed by atoms with Gasteiger partial charge in [0, 0.05) is 31.5 Å². The van der Waals surface area contributed by atoms with Crippen molar-refractivity contribution < 1.29 is 24.2 Å². The predicted molar refractivity (Wildman–Crippen MR) is 100 cm³/mol. The second-order valence-electron chi connectivity index (χ2n) is 5.93. The first-order valence-corrected chi connectivity index (χ1v) is 9.40. The zero-order chi connectivity index (χ0) is 19.4. The fourth-order valence-corrected chi connectivity index (χ4v) is 2.70. The molecule has 0 unspecified atom stereocenters. The lowest BCUT2D eigenvalue weighted by atomic mass is 10.1. The van der Waals surface area contributed by atoms with Gasteiger partial charge >= 0.3 is 5.97 Å². The third-order valence-corrected chi connectivity index (χ3v) is 4.15. The number of rotatable bonds is 12. The number of nitrogens with zero attached hydrogens (tertiary/aromatic N) is 1. The highest BCUT2D eigenvalue weighted by Gasteiger charge is 2.12. The third-order valence-electron chi connectivity index (χ3n) is 4.15. The highest BCUT2D eigenvalue weighted by Crippen LogP contribution is 2.29. The van der Waals surface area contributed by atoms with Crippen LogP contribution < -0.4 is 4.74 Å². The van der Waals surface area contributed by atoms with Crippen molar-refractivity contribution in [3.05, 3.63) is 23.8 Å². The molecule has 146 valence electrons. The number of aromatic hydroxyl groups is 1. The van der Waals surface area contributed by atoms with E-state index in [2.05, 4.69) is 0 Å². The lowest BCUT2D eigenvalue weighted by molar-refractivity contribution is -0.143. The molecule has 6 heteroatoms. The number of hydrogen-bond donors (Lipinski definition) is 1. The van der Waals surface area contributed by atoms with Crippen molar-refractivity contribution in [1.29, 1.82) is 0 Å². The Morgan fingerprint density at radius 1 is 1.08 bits per heavy atom. The van der Waals surface area contributed by atoms with Gasteiger partial charge in [0.2, 0.25) is 5.91 Å². The van der Waals surface area contributed by atoms with E-state index in [0.29, 0.717) is 37.4 Å². The number of unbranched alkanes of at least 4 members (excludes halogenated alkanes) is 1. The first kappa shape index (κ1) is 21.8. The molecule has 1 rings (SSSR count). The lowest BCUT2D eigenvalue weighted by Gasteiger charge is -2.18. The molecule has 6 nitrogen and oxygen atoms in total. The minimum absolute atomic E-state index is 0.114. The predicted octanol–water partition coefficient (Wildman–Crippen LogP) is 3.31. The molecular formula is C20H31NO5. The number of esters is 1. The number of amides is 1. The summed E-state index contributed by atoms with van der Waals surface area (Å²) in [6, 6.07) is 5.07. The van der Waals surface area contributed by atoms with Gasteiger partial charge < -0.3 is 19.5 Å². The summed E-state index contributed by atoms with van der Waals surface area (Å²) in [5.41, 5.74) is 0.611. The molecule has 1 aromatic carbocycles. The van der Waals surface area contributed by atoms with Gasteiger partial charge in [0.05, 0.1) is 13.2 Å². The van der Waals surface area contributed by atoms with E-state index >= 15 is 0 Å². The van der Waals surface area contributed by atoms with Crippen molar-refractivity contribution in [2.75, 3.05) is 26.3 Å². The van der Waals surface area contributed by atoms with Crippen LogP contribution >= 0.6 is 0 Å². The van der Waals surface area contributed by atoms with Gasteiger partial charge in [-0.2, -0.15) is 0 Å². The molecule has 26 heavy (non-hydrogen) atoms. The molecule has 1 amide bonds. The Bertz CT molecular complexity index is 569. The van der Waals surface area contributed by atoms with Gasteiger partial charge in [-0.25, -0.2) is 0 Å². The number of hydrogen-bond acceptors (Lipinski definition) is 5. The molecule has 0 heterocycles. The summed E-state index contributed by atoms with van der Waals surface area (Å²) in [6.45, 7) is 7.99. The van der Waals surface area contributed by atoms with E-state index in [0.717, 1.165) is 25.9 Å². The third kappa shape index (κ3) is 7.33. The van der Waals surface area contributed by atoms with Gasteiger partial charge in [0.15, 0.2) is 0 Å². The molecule has 0 fully saturated rings. The van der Waals surface area contributed by atoms with Crippen molar-refractivity contribution in [2.45, 2.75) is 52.9 Å². The topological polar surface area (TPSA) is 76.1 Å². The van der Waals surface area contributed by atoms with Crippen LogP contribution in [0.3, 0.4) is 0 Å². The van der Waals surface area contributed by atoms with Crippen LogP contribution in [0, 0.1) is 0 Å². The van der Waals surface area contributed by atoms with Crippen molar-refractivity contribution in [3.8, 4) is 11.5 Å². The standard InChI is InChI=1S/C20H31NO5/c1-4-21(5-2)19(23)12-7-8-15-26-18-11-9-10-17(22)16(18)13-14-20(24)25-6-3/h9-11,22H,4-8,12-15H2,1-3H3. The molecule has 0 aliphatic rings. The summed E-state index contributed by atoms with van der Waals surface area (Å²) in [5, 5.41) is 10.0. The van der Waals surface area contributed by atoms with Crippen molar-refractivity contribution in [1.82, 2.24) is 4.90 Å². The highest BCUT2D eigenvalue weighted by atomic mass is 16.5. The van der Waals surface area contributed by atoms with Gasteiger partial charge in [-0.1, -0.05) is 6.07 Å². The van der Waals surface area contributed by atoms with Gasteiger partial charge in [-0.15, -0.1) is 0 Å². The molecule has 0 aliphatic heterocycles. The number of phenols is 1. The SMILES string of the molecule is CCOC(=O)CCc1c(O)cccc1OCCCCC(=O)N(CC)CC. The largest absolute Gasteiger partial charge is 0.508 e. The summed E-state index contributed by atoms with van der Waals surface area (Å²) >= 11 is 0. The zero-order valence-corrected chi connectivity index (χ0v) is 16.1. The molecular weight excluding hydrogens is 334 g/mol. The quantitative estimate of drug-likeness (QED) is 0.454. The second kappa shape index (κ2) is 12.2. The van der Waals surface area contributed by atoms with Gasteiger partial charge in [-0.05, 0) is 52.2 Å². The van der Waals surface area contributed by atoms with Crippen LogP contribution in [0.4, 0.5) is 0 Å². The zero-order valence-electron chi connectivity index (χ0n) is 16.1. The average Bonchev–Trinajstić information content (AvgIpc) is 2.62. The average molecular weight is 365 g/mol. The number of phenolic OH excluding ortho intramolecular Hbond substituents is 1. The molecule has 0 bridgehead atoms.